The van der Waals surface area contributed by atoms with Crippen LogP contribution < -0.4 is 5.32 Å². The van der Waals surface area contributed by atoms with E-state index in [-0.39, 0.29) is 5.97 Å². The SMILES string of the molecule is CNC1(C(=O)OC)CCC(N(C)C(C)C)C1. The predicted molar refractivity (Wildman–Crippen MR) is 64.3 cm³/mol. The summed E-state index contributed by atoms with van der Waals surface area (Å²) >= 11 is 0. The van der Waals surface area contributed by atoms with E-state index in [0.29, 0.717) is 12.1 Å². The number of carbonyl (C=O) groups is 1. The summed E-state index contributed by atoms with van der Waals surface area (Å²) in [4.78, 5) is 14.1. The molecular weight excluding hydrogens is 204 g/mol. The molecule has 1 aliphatic rings. The summed E-state index contributed by atoms with van der Waals surface area (Å²) in [6, 6.07) is 0.974. The maximum atomic E-state index is 11.8. The van der Waals surface area contributed by atoms with Gasteiger partial charge in [0.1, 0.15) is 5.54 Å². The van der Waals surface area contributed by atoms with E-state index in [2.05, 4.69) is 31.1 Å². The standard InChI is InChI=1S/C12H24N2O2/c1-9(2)14(4)10-6-7-12(8-10,13-3)11(15)16-5/h9-10,13H,6-8H2,1-5H3. The summed E-state index contributed by atoms with van der Waals surface area (Å²) in [5, 5.41) is 3.15. The molecule has 0 heterocycles. The first-order valence-electron chi connectivity index (χ1n) is 5.96. The average molecular weight is 228 g/mol. The van der Waals surface area contributed by atoms with Gasteiger partial charge in [-0.2, -0.15) is 0 Å². The third kappa shape index (κ3) is 2.38. The van der Waals surface area contributed by atoms with E-state index in [0.717, 1.165) is 19.3 Å². The Morgan fingerprint density at radius 3 is 2.62 bits per heavy atom. The van der Waals surface area contributed by atoms with Crippen LogP contribution in [0.4, 0.5) is 0 Å². The fraction of sp³-hybridized carbons (Fsp3) is 0.917. The predicted octanol–water partition coefficient (Wildman–Crippen LogP) is 1.01. The quantitative estimate of drug-likeness (QED) is 0.729. The lowest BCUT2D eigenvalue weighted by molar-refractivity contribution is -0.148. The van der Waals surface area contributed by atoms with Crippen molar-refractivity contribution in [1.82, 2.24) is 10.2 Å². The first-order chi connectivity index (χ1) is 7.46. The summed E-state index contributed by atoms with van der Waals surface area (Å²) in [5.74, 6) is -0.130. The number of ether oxygens (including phenoxy) is 1. The van der Waals surface area contributed by atoms with Crippen molar-refractivity contribution in [2.45, 2.75) is 50.7 Å². The maximum absolute atomic E-state index is 11.8. The molecule has 0 radical (unpaired) electrons. The van der Waals surface area contributed by atoms with E-state index in [4.69, 9.17) is 4.74 Å². The summed E-state index contributed by atoms with van der Waals surface area (Å²) < 4.78 is 4.90. The van der Waals surface area contributed by atoms with E-state index in [1.54, 1.807) is 0 Å². The lowest BCUT2D eigenvalue weighted by atomic mass is 9.97. The molecule has 0 aromatic rings. The second-order valence-corrected chi connectivity index (χ2v) is 4.98. The van der Waals surface area contributed by atoms with Crippen LogP contribution in [0.5, 0.6) is 0 Å². The number of esters is 1. The second kappa shape index (κ2) is 5.15. The molecule has 0 spiro atoms. The van der Waals surface area contributed by atoms with E-state index >= 15 is 0 Å². The van der Waals surface area contributed by atoms with Crippen molar-refractivity contribution in [1.29, 1.82) is 0 Å². The van der Waals surface area contributed by atoms with Crippen molar-refractivity contribution in [2.24, 2.45) is 0 Å². The minimum absolute atomic E-state index is 0.130. The Morgan fingerprint density at radius 2 is 2.19 bits per heavy atom. The zero-order valence-corrected chi connectivity index (χ0v) is 11.0. The van der Waals surface area contributed by atoms with Gasteiger partial charge in [-0.05, 0) is 47.2 Å². The number of hydrogen-bond donors (Lipinski definition) is 1. The van der Waals surface area contributed by atoms with E-state index in [1.165, 1.54) is 7.11 Å². The van der Waals surface area contributed by atoms with Crippen LogP contribution in [0.15, 0.2) is 0 Å². The topological polar surface area (TPSA) is 41.6 Å². The number of hydrogen-bond acceptors (Lipinski definition) is 4. The molecule has 0 aliphatic heterocycles. The number of likely N-dealkylation sites (N-methyl/N-ethyl adjacent to an activating group) is 1. The van der Waals surface area contributed by atoms with E-state index in [9.17, 15) is 4.79 Å². The fourth-order valence-electron chi connectivity index (χ4n) is 2.50. The van der Waals surface area contributed by atoms with Gasteiger partial charge in [0.15, 0.2) is 0 Å². The van der Waals surface area contributed by atoms with Gasteiger partial charge in [0.25, 0.3) is 0 Å². The highest BCUT2D eigenvalue weighted by Gasteiger charge is 2.46. The van der Waals surface area contributed by atoms with Gasteiger partial charge in [-0.15, -0.1) is 0 Å². The number of rotatable bonds is 4. The van der Waals surface area contributed by atoms with Crippen molar-refractivity contribution in [3.05, 3.63) is 0 Å². The molecular formula is C12H24N2O2. The Labute approximate surface area is 98.3 Å². The largest absolute Gasteiger partial charge is 0.468 e. The van der Waals surface area contributed by atoms with Crippen molar-refractivity contribution in [2.75, 3.05) is 21.2 Å². The molecule has 0 saturated heterocycles. The van der Waals surface area contributed by atoms with Gasteiger partial charge in [-0.3, -0.25) is 4.79 Å². The maximum Gasteiger partial charge on any atom is 0.326 e. The molecule has 0 aromatic heterocycles. The monoisotopic (exact) mass is 228 g/mol. The Bertz CT molecular complexity index is 255. The number of methoxy groups -OCH3 is 1. The van der Waals surface area contributed by atoms with Crippen LogP contribution in [-0.2, 0) is 9.53 Å². The van der Waals surface area contributed by atoms with Gasteiger partial charge in [0.05, 0.1) is 7.11 Å². The number of carbonyl (C=O) groups excluding carboxylic acids is 1. The smallest absolute Gasteiger partial charge is 0.326 e. The van der Waals surface area contributed by atoms with Crippen LogP contribution >= 0.6 is 0 Å². The van der Waals surface area contributed by atoms with Crippen LogP contribution in [0.2, 0.25) is 0 Å². The Kier molecular flexibility index (Phi) is 4.33. The molecule has 1 rings (SSSR count). The zero-order chi connectivity index (χ0) is 12.3. The van der Waals surface area contributed by atoms with Crippen LogP contribution in [0.3, 0.4) is 0 Å². The van der Waals surface area contributed by atoms with Crippen molar-refractivity contribution >= 4 is 5.97 Å². The van der Waals surface area contributed by atoms with Crippen LogP contribution in [0, 0.1) is 0 Å². The summed E-state index contributed by atoms with van der Waals surface area (Å²) in [6.45, 7) is 4.36. The van der Waals surface area contributed by atoms with Gasteiger partial charge in [-0.1, -0.05) is 0 Å². The highest BCUT2D eigenvalue weighted by molar-refractivity contribution is 5.81. The molecule has 1 N–H and O–H groups in total. The summed E-state index contributed by atoms with van der Waals surface area (Å²) in [7, 11) is 5.42. The average Bonchev–Trinajstić information content (AvgIpc) is 2.72. The van der Waals surface area contributed by atoms with Gasteiger partial charge < -0.3 is 15.0 Å². The third-order valence-electron chi connectivity index (χ3n) is 3.93. The third-order valence-corrected chi connectivity index (χ3v) is 3.93. The molecule has 4 heteroatoms. The molecule has 1 saturated carbocycles. The number of nitrogens with zero attached hydrogens (tertiary/aromatic N) is 1. The van der Waals surface area contributed by atoms with Gasteiger partial charge >= 0.3 is 5.97 Å². The van der Waals surface area contributed by atoms with Crippen LogP contribution in [-0.4, -0.2) is 49.7 Å². The molecule has 94 valence electrons. The minimum Gasteiger partial charge on any atom is -0.468 e. The second-order valence-electron chi connectivity index (χ2n) is 4.98. The molecule has 0 aromatic carbocycles. The van der Waals surface area contributed by atoms with Gasteiger partial charge in [0.2, 0.25) is 0 Å². The van der Waals surface area contributed by atoms with Crippen LogP contribution in [0.25, 0.3) is 0 Å². The first kappa shape index (κ1) is 13.5. The van der Waals surface area contributed by atoms with Gasteiger partial charge in [0, 0.05) is 12.1 Å². The van der Waals surface area contributed by atoms with Crippen molar-refractivity contribution < 1.29 is 9.53 Å². The Morgan fingerprint density at radius 1 is 1.56 bits per heavy atom. The fourth-order valence-corrected chi connectivity index (χ4v) is 2.50. The zero-order valence-electron chi connectivity index (χ0n) is 11.0. The lowest BCUT2D eigenvalue weighted by Crippen LogP contribution is -2.50. The normalized spacial score (nSPS) is 30.1. The molecule has 1 fully saturated rings. The molecule has 1 aliphatic carbocycles. The summed E-state index contributed by atoms with van der Waals surface area (Å²) in [6.07, 6.45) is 2.74. The molecule has 0 amide bonds. The number of nitrogens with one attached hydrogen (secondary N) is 1. The van der Waals surface area contributed by atoms with E-state index in [1.807, 2.05) is 7.05 Å². The van der Waals surface area contributed by atoms with Crippen molar-refractivity contribution in [3.8, 4) is 0 Å². The molecule has 2 atom stereocenters. The minimum atomic E-state index is -0.470. The molecule has 16 heavy (non-hydrogen) atoms. The Balaban J connectivity index is 2.71. The van der Waals surface area contributed by atoms with Crippen LogP contribution in [0.1, 0.15) is 33.1 Å². The van der Waals surface area contributed by atoms with Crippen molar-refractivity contribution in [3.63, 3.8) is 0 Å². The molecule has 4 nitrogen and oxygen atoms in total. The van der Waals surface area contributed by atoms with E-state index < -0.39 is 5.54 Å². The first-order valence-corrected chi connectivity index (χ1v) is 5.96. The highest BCUT2D eigenvalue weighted by atomic mass is 16.5. The molecule has 0 bridgehead atoms. The lowest BCUT2D eigenvalue weighted by Gasteiger charge is -2.30. The van der Waals surface area contributed by atoms with Gasteiger partial charge in [-0.25, -0.2) is 0 Å². The molecule has 2 unspecified atom stereocenters. The summed E-state index contributed by atoms with van der Waals surface area (Å²) in [5.41, 5.74) is -0.470. The Hall–Kier alpha value is -0.610. The highest BCUT2D eigenvalue weighted by Crippen LogP contribution is 2.34.